The minimum absolute atomic E-state index is 0.756. The molecule has 0 unspecified atom stereocenters. The van der Waals surface area contributed by atoms with Gasteiger partial charge in [-0.05, 0) is 42.1 Å². The predicted octanol–water partition coefficient (Wildman–Crippen LogP) is 4.93. The van der Waals surface area contributed by atoms with Crippen LogP contribution in [0.25, 0.3) is 10.2 Å². The van der Waals surface area contributed by atoms with Gasteiger partial charge in [-0.15, -0.1) is 11.3 Å². The van der Waals surface area contributed by atoms with Crippen molar-refractivity contribution in [3.8, 4) is 0 Å². The lowest BCUT2D eigenvalue weighted by molar-refractivity contribution is 1.16. The molecule has 1 aromatic carbocycles. The third kappa shape index (κ3) is 2.36. The zero-order valence-electron chi connectivity index (χ0n) is 9.74. The van der Waals surface area contributed by atoms with Crippen molar-refractivity contribution in [2.75, 3.05) is 5.32 Å². The van der Waals surface area contributed by atoms with Gasteiger partial charge in [-0.1, -0.05) is 22.9 Å². The van der Waals surface area contributed by atoms with Gasteiger partial charge in [-0.2, -0.15) is 0 Å². The van der Waals surface area contributed by atoms with Crippen molar-refractivity contribution >= 4 is 49.6 Å². The number of thiophene rings is 1. The summed E-state index contributed by atoms with van der Waals surface area (Å²) in [6.07, 6.45) is 0. The highest BCUT2D eigenvalue weighted by Gasteiger charge is 2.05. The number of anilines is 1. The highest BCUT2D eigenvalue weighted by molar-refractivity contribution is 7.22. The van der Waals surface area contributed by atoms with Crippen LogP contribution in [0.1, 0.15) is 10.4 Å². The maximum Gasteiger partial charge on any atom is 0.184 e. The molecule has 2 nitrogen and oxygen atoms in total. The third-order valence-corrected chi connectivity index (χ3v) is 4.95. The fourth-order valence-electron chi connectivity index (χ4n) is 1.72. The van der Waals surface area contributed by atoms with E-state index in [1.54, 1.807) is 22.7 Å². The van der Waals surface area contributed by atoms with E-state index in [9.17, 15) is 0 Å². The lowest BCUT2D eigenvalue weighted by atomic mass is 10.3. The van der Waals surface area contributed by atoms with Crippen molar-refractivity contribution in [1.29, 1.82) is 0 Å². The van der Waals surface area contributed by atoms with E-state index in [1.807, 2.05) is 18.2 Å². The Hall–Kier alpha value is -1.10. The second kappa shape index (κ2) is 4.88. The lowest BCUT2D eigenvalue weighted by Crippen LogP contribution is -1.97. The molecular weight excluding hydrogens is 284 g/mol. The van der Waals surface area contributed by atoms with Crippen LogP contribution in [0.2, 0.25) is 5.02 Å². The summed E-state index contributed by atoms with van der Waals surface area (Å²) in [5, 5.41) is 7.19. The quantitative estimate of drug-likeness (QED) is 0.741. The molecule has 0 radical (unpaired) electrons. The van der Waals surface area contributed by atoms with E-state index in [-0.39, 0.29) is 0 Å². The number of nitrogens with zero attached hydrogens (tertiary/aromatic N) is 1. The Morgan fingerprint density at radius 2 is 2.22 bits per heavy atom. The number of thiazole rings is 1. The SMILES string of the molecule is Cc1ccsc1CNc1nc2ccc(Cl)cc2s1. The van der Waals surface area contributed by atoms with E-state index >= 15 is 0 Å². The summed E-state index contributed by atoms with van der Waals surface area (Å²) >= 11 is 9.38. The molecule has 0 saturated carbocycles. The molecule has 3 rings (SSSR count). The van der Waals surface area contributed by atoms with Gasteiger partial charge in [-0.25, -0.2) is 4.98 Å². The van der Waals surface area contributed by atoms with Gasteiger partial charge in [0.15, 0.2) is 5.13 Å². The second-order valence-electron chi connectivity index (χ2n) is 4.01. The van der Waals surface area contributed by atoms with Crippen LogP contribution < -0.4 is 5.32 Å². The second-order valence-corrected chi connectivity index (χ2v) is 6.48. The van der Waals surface area contributed by atoms with Crippen LogP contribution in [-0.2, 0) is 6.54 Å². The van der Waals surface area contributed by atoms with E-state index in [0.717, 1.165) is 26.9 Å². The van der Waals surface area contributed by atoms with Crippen molar-refractivity contribution in [2.24, 2.45) is 0 Å². The number of aryl methyl sites for hydroxylation is 1. The van der Waals surface area contributed by atoms with Crippen molar-refractivity contribution in [3.63, 3.8) is 0 Å². The van der Waals surface area contributed by atoms with Gasteiger partial charge >= 0.3 is 0 Å². The average molecular weight is 295 g/mol. The Morgan fingerprint density at radius 1 is 1.33 bits per heavy atom. The van der Waals surface area contributed by atoms with Crippen LogP contribution in [0.3, 0.4) is 0 Å². The molecule has 1 N–H and O–H groups in total. The van der Waals surface area contributed by atoms with Crippen LogP contribution in [-0.4, -0.2) is 4.98 Å². The van der Waals surface area contributed by atoms with Crippen molar-refractivity contribution in [1.82, 2.24) is 4.98 Å². The van der Waals surface area contributed by atoms with Crippen LogP contribution in [0.15, 0.2) is 29.6 Å². The van der Waals surface area contributed by atoms with Gasteiger partial charge in [0.25, 0.3) is 0 Å². The summed E-state index contributed by atoms with van der Waals surface area (Å²) in [5.41, 5.74) is 2.33. The number of hydrogen-bond acceptors (Lipinski definition) is 4. The molecule has 5 heteroatoms. The van der Waals surface area contributed by atoms with Gasteiger partial charge in [0.1, 0.15) is 0 Å². The predicted molar refractivity (Wildman–Crippen MR) is 81.0 cm³/mol. The number of rotatable bonds is 3. The first-order valence-corrected chi connectivity index (χ1v) is 7.63. The van der Waals surface area contributed by atoms with Crippen molar-refractivity contribution in [2.45, 2.75) is 13.5 Å². The fourth-order valence-corrected chi connectivity index (χ4v) is 3.70. The minimum atomic E-state index is 0.756. The lowest BCUT2D eigenvalue weighted by Gasteiger charge is -2.00. The Kier molecular flexibility index (Phi) is 3.24. The first kappa shape index (κ1) is 12.0. The number of fused-ring (bicyclic) bond motifs is 1. The summed E-state index contributed by atoms with van der Waals surface area (Å²) in [6.45, 7) is 2.96. The minimum Gasteiger partial charge on any atom is -0.357 e. The fraction of sp³-hybridized carbons (Fsp3) is 0.154. The molecule has 0 atom stereocenters. The summed E-state index contributed by atoms with van der Waals surface area (Å²) in [6, 6.07) is 7.92. The molecule has 18 heavy (non-hydrogen) atoms. The highest BCUT2D eigenvalue weighted by atomic mass is 35.5. The Bertz CT molecular complexity index is 687. The first-order valence-electron chi connectivity index (χ1n) is 5.55. The van der Waals surface area contributed by atoms with Crippen molar-refractivity contribution < 1.29 is 0 Å². The van der Waals surface area contributed by atoms with Gasteiger partial charge in [-0.3, -0.25) is 0 Å². The number of nitrogens with one attached hydrogen (secondary N) is 1. The molecule has 0 fully saturated rings. The van der Waals surface area contributed by atoms with Gasteiger partial charge in [0.2, 0.25) is 0 Å². The number of halogens is 1. The molecule has 2 aromatic heterocycles. The van der Waals surface area contributed by atoms with Gasteiger partial charge in [0, 0.05) is 9.90 Å². The van der Waals surface area contributed by atoms with E-state index < -0.39 is 0 Å². The number of benzene rings is 1. The molecule has 3 aromatic rings. The first-order chi connectivity index (χ1) is 8.72. The van der Waals surface area contributed by atoms with Crippen LogP contribution in [0, 0.1) is 6.92 Å². The zero-order valence-corrected chi connectivity index (χ0v) is 12.1. The molecule has 0 aliphatic heterocycles. The molecule has 92 valence electrons. The van der Waals surface area contributed by atoms with E-state index in [0.29, 0.717) is 0 Å². The summed E-state index contributed by atoms with van der Waals surface area (Å²) in [4.78, 5) is 5.89. The largest absolute Gasteiger partial charge is 0.357 e. The Morgan fingerprint density at radius 3 is 3.00 bits per heavy atom. The van der Waals surface area contributed by atoms with Crippen LogP contribution in [0.5, 0.6) is 0 Å². The summed E-state index contributed by atoms with van der Waals surface area (Å²) < 4.78 is 1.12. The summed E-state index contributed by atoms with van der Waals surface area (Å²) in [5.74, 6) is 0. The maximum atomic E-state index is 5.97. The molecule has 0 aliphatic carbocycles. The molecule has 0 aliphatic rings. The van der Waals surface area contributed by atoms with E-state index in [4.69, 9.17) is 11.6 Å². The Labute approximate surface area is 118 Å². The van der Waals surface area contributed by atoms with Crippen molar-refractivity contribution in [3.05, 3.63) is 45.1 Å². The standard InChI is InChI=1S/C13H11ClN2S2/c1-8-4-5-17-12(8)7-15-13-16-10-3-2-9(14)6-11(10)18-13/h2-6H,7H2,1H3,(H,15,16). The van der Waals surface area contributed by atoms with E-state index in [1.165, 1.54) is 10.4 Å². The smallest absolute Gasteiger partial charge is 0.184 e. The normalized spacial score (nSPS) is 11.0. The Balaban J connectivity index is 1.81. The van der Waals surface area contributed by atoms with Gasteiger partial charge in [0.05, 0.1) is 16.8 Å². The number of aromatic nitrogens is 1. The molecule has 0 amide bonds. The molecular formula is C13H11ClN2S2. The third-order valence-electron chi connectivity index (χ3n) is 2.72. The monoisotopic (exact) mass is 294 g/mol. The van der Waals surface area contributed by atoms with Crippen LogP contribution in [0.4, 0.5) is 5.13 Å². The number of hydrogen-bond donors (Lipinski definition) is 1. The molecule has 0 saturated heterocycles. The van der Waals surface area contributed by atoms with E-state index in [2.05, 4.69) is 28.7 Å². The maximum absolute atomic E-state index is 5.97. The van der Waals surface area contributed by atoms with Gasteiger partial charge < -0.3 is 5.32 Å². The topological polar surface area (TPSA) is 24.9 Å². The highest BCUT2D eigenvalue weighted by Crippen LogP contribution is 2.29. The molecule has 0 bridgehead atoms. The summed E-state index contributed by atoms with van der Waals surface area (Å²) in [7, 11) is 0. The van der Waals surface area contributed by atoms with Crippen LogP contribution >= 0.6 is 34.3 Å². The zero-order chi connectivity index (χ0) is 12.5. The molecule has 0 spiro atoms. The average Bonchev–Trinajstić information content (AvgIpc) is 2.92. The molecule has 2 heterocycles.